The van der Waals surface area contributed by atoms with Crippen LogP contribution < -0.4 is 14.9 Å². The fourth-order valence-electron chi connectivity index (χ4n) is 1.61. The third-order valence-electron chi connectivity index (χ3n) is 2.43. The van der Waals surface area contributed by atoms with Gasteiger partial charge in [0.15, 0.2) is 11.5 Å². The number of hydrazone groups is 1. The number of amides is 1. The van der Waals surface area contributed by atoms with Gasteiger partial charge in [0.05, 0.1) is 12.8 Å². The van der Waals surface area contributed by atoms with Crippen LogP contribution in [0.3, 0.4) is 0 Å². The van der Waals surface area contributed by atoms with Crippen molar-refractivity contribution in [3.63, 3.8) is 0 Å². The topological polar surface area (TPSA) is 86.2 Å². The Balaban J connectivity index is 1.89. The second-order valence-corrected chi connectivity index (χ2v) is 3.86. The highest BCUT2D eigenvalue weighted by atomic mass is 16.7. The first-order valence-corrected chi connectivity index (χ1v) is 6.07. The molecule has 0 aromatic heterocycles. The first kappa shape index (κ1) is 13.9. The Morgan fingerprint density at radius 1 is 1.45 bits per heavy atom. The van der Waals surface area contributed by atoms with E-state index in [2.05, 4.69) is 15.3 Å². The van der Waals surface area contributed by atoms with Gasteiger partial charge in [-0.1, -0.05) is 6.07 Å². The van der Waals surface area contributed by atoms with Gasteiger partial charge in [-0.25, -0.2) is 5.43 Å². The van der Waals surface area contributed by atoms with Crippen LogP contribution in [0, 0.1) is 0 Å². The van der Waals surface area contributed by atoms with Gasteiger partial charge in [0.25, 0.3) is 5.91 Å². The van der Waals surface area contributed by atoms with Crippen LogP contribution >= 0.6 is 0 Å². The number of para-hydroxylation sites is 1. The summed E-state index contributed by atoms with van der Waals surface area (Å²) < 4.78 is 15.1. The predicted molar refractivity (Wildman–Crippen MR) is 69.6 cm³/mol. The molecule has 7 heteroatoms. The van der Waals surface area contributed by atoms with Crippen LogP contribution in [0.15, 0.2) is 23.3 Å². The summed E-state index contributed by atoms with van der Waals surface area (Å²) >= 11 is 0. The second kappa shape index (κ2) is 6.55. The summed E-state index contributed by atoms with van der Waals surface area (Å²) in [6, 6.07) is 5.34. The van der Waals surface area contributed by atoms with Crippen molar-refractivity contribution in [3.8, 4) is 11.5 Å². The molecule has 0 fully saturated rings. The molecular formula is C13H14N2O5. The van der Waals surface area contributed by atoms with Gasteiger partial charge in [0, 0.05) is 5.56 Å². The quantitative estimate of drug-likeness (QED) is 0.373. The molecule has 0 unspecified atom stereocenters. The number of rotatable bonds is 5. The Bertz CT molecular complexity index is 542. The molecule has 1 aromatic rings. The molecule has 20 heavy (non-hydrogen) atoms. The van der Waals surface area contributed by atoms with E-state index in [0.717, 1.165) is 0 Å². The molecule has 1 heterocycles. The normalized spacial score (nSPS) is 12.4. The molecule has 0 bridgehead atoms. The molecule has 0 aliphatic carbocycles. The van der Waals surface area contributed by atoms with E-state index >= 15 is 0 Å². The molecule has 0 spiro atoms. The SMILES string of the molecule is CCOC(=O)CC(=O)NN=Cc1cccc2c1OCO2. The number of benzene rings is 1. The lowest BCUT2D eigenvalue weighted by atomic mass is 10.2. The van der Waals surface area contributed by atoms with Crippen LogP contribution in [-0.2, 0) is 14.3 Å². The third-order valence-corrected chi connectivity index (χ3v) is 2.43. The first-order valence-electron chi connectivity index (χ1n) is 6.07. The lowest BCUT2D eigenvalue weighted by molar-refractivity contribution is -0.145. The number of carbonyl (C=O) groups is 2. The molecule has 7 nitrogen and oxygen atoms in total. The molecule has 1 aliphatic rings. The first-order chi connectivity index (χ1) is 9.70. The molecule has 1 N–H and O–H groups in total. The van der Waals surface area contributed by atoms with E-state index in [1.54, 1.807) is 25.1 Å². The summed E-state index contributed by atoms with van der Waals surface area (Å²) in [5.74, 6) is 0.0877. The molecule has 1 aliphatic heterocycles. The lowest BCUT2D eigenvalue weighted by Crippen LogP contribution is -2.22. The lowest BCUT2D eigenvalue weighted by Gasteiger charge is -2.01. The van der Waals surface area contributed by atoms with Crippen molar-refractivity contribution in [1.29, 1.82) is 0 Å². The van der Waals surface area contributed by atoms with Gasteiger partial charge in [0.2, 0.25) is 6.79 Å². The van der Waals surface area contributed by atoms with E-state index < -0.39 is 11.9 Å². The number of ether oxygens (including phenoxy) is 3. The highest BCUT2D eigenvalue weighted by Gasteiger charge is 2.16. The maximum Gasteiger partial charge on any atom is 0.315 e. The van der Waals surface area contributed by atoms with Crippen LogP contribution in [-0.4, -0.2) is 31.5 Å². The fraction of sp³-hybridized carbons (Fsp3) is 0.308. The molecular weight excluding hydrogens is 264 g/mol. The molecule has 0 radical (unpaired) electrons. The van der Waals surface area contributed by atoms with Crippen molar-refractivity contribution >= 4 is 18.1 Å². The summed E-state index contributed by atoms with van der Waals surface area (Å²) in [5, 5.41) is 3.76. The van der Waals surface area contributed by atoms with Gasteiger partial charge >= 0.3 is 5.97 Å². The van der Waals surface area contributed by atoms with Gasteiger partial charge in [-0.2, -0.15) is 5.10 Å². The smallest absolute Gasteiger partial charge is 0.315 e. The van der Waals surface area contributed by atoms with Gasteiger partial charge in [0.1, 0.15) is 6.42 Å². The molecule has 2 rings (SSSR count). The monoisotopic (exact) mass is 278 g/mol. The minimum Gasteiger partial charge on any atom is -0.466 e. The predicted octanol–water partition coefficient (Wildman–Crippen LogP) is 0.819. The summed E-state index contributed by atoms with van der Waals surface area (Å²) in [7, 11) is 0. The highest BCUT2D eigenvalue weighted by molar-refractivity contribution is 5.95. The zero-order valence-electron chi connectivity index (χ0n) is 10.9. The summed E-state index contributed by atoms with van der Waals surface area (Å²) in [4.78, 5) is 22.4. The van der Waals surface area contributed by atoms with E-state index in [4.69, 9.17) is 9.47 Å². The summed E-state index contributed by atoms with van der Waals surface area (Å²) in [6.45, 7) is 2.07. The van der Waals surface area contributed by atoms with Crippen molar-refractivity contribution in [2.24, 2.45) is 5.10 Å². The standard InChI is InChI=1S/C13H14N2O5/c1-2-18-12(17)6-11(16)15-14-7-9-4-3-5-10-13(9)20-8-19-10/h3-5,7H,2,6,8H2,1H3,(H,15,16). The Morgan fingerprint density at radius 2 is 2.30 bits per heavy atom. The Labute approximate surface area is 115 Å². The summed E-state index contributed by atoms with van der Waals surface area (Å²) in [6.07, 6.45) is 1.06. The van der Waals surface area contributed by atoms with Crippen molar-refractivity contribution < 1.29 is 23.8 Å². The Morgan fingerprint density at radius 3 is 3.10 bits per heavy atom. The van der Waals surface area contributed by atoms with Gasteiger partial charge < -0.3 is 14.2 Å². The zero-order valence-corrected chi connectivity index (χ0v) is 10.9. The minimum atomic E-state index is -0.586. The van der Waals surface area contributed by atoms with Crippen LogP contribution in [0.25, 0.3) is 0 Å². The maximum atomic E-state index is 11.4. The second-order valence-electron chi connectivity index (χ2n) is 3.86. The molecule has 0 saturated heterocycles. The van der Waals surface area contributed by atoms with E-state index in [0.29, 0.717) is 17.1 Å². The van der Waals surface area contributed by atoms with E-state index in [9.17, 15) is 9.59 Å². The number of nitrogens with zero attached hydrogens (tertiary/aromatic N) is 1. The van der Waals surface area contributed by atoms with Crippen molar-refractivity contribution in [2.75, 3.05) is 13.4 Å². The Kier molecular flexibility index (Phi) is 4.54. The van der Waals surface area contributed by atoms with E-state index in [-0.39, 0.29) is 19.8 Å². The van der Waals surface area contributed by atoms with Crippen molar-refractivity contribution in [2.45, 2.75) is 13.3 Å². The summed E-state index contributed by atoms with van der Waals surface area (Å²) in [5.41, 5.74) is 2.92. The Hall–Kier alpha value is -2.57. The number of carbonyl (C=O) groups excluding carboxylic acids is 2. The highest BCUT2D eigenvalue weighted by Crippen LogP contribution is 2.34. The van der Waals surface area contributed by atoms with E-state index in [1.165, 1.54) is 6.21 Å². The maximum absolute atomic E-state index is 11.4. The molecule has 0 saturated carbocycles. The van der Waals surface area contributed by atoms with Crippen LogP contribution in [0.5, 0.6) is 11.5 Å². The van der Waals surface area contributed by atoms with Gasteiger partial charge in [-0.15, -0.1) is 0 Å². The zero-order chi connectivity index (χ0) is 14.4. The van der Waals surface area contributed by atoms with Crippen LogP contribution in [0.2, 0.25) is 0 Å². The molecule has 0 atom stereocenters. The number of fused-ring (bicyclic) bond motifs is 1. The molecule has 1 aromatic carbocycles. The number of hydrogen-bond acceptors (Lipinski definition) is 6. The fourth-order valence-corrected chi connectivity index (χ4v) is 1.61. The van der Waals surface area contributed by atoms with Crippen LogP contribution in [0.4, 0.5) is 0 Å². The van der Waals surface area contributed by atoms with Crippen LogP contribution in [0.1, 0.15) is 18.9 Å². The van der Waals surface area contributed by atoms with Gasteiger partial charge in [-0.05, 0) is 19.1 Å². The third kappa shape index (κ3) is 3.47. The number of esters is 1. The average Bonchev–Trinajstić information content (AvgIpc) is 2.88. The largest absolute Gasteiger partial charge is 0.466 e. The minimum absolute atomic E-state index is 0.162. The number of nitrogens with one attached hydrogen (secondary N) is 1. The molecule has 106 valence electrons. The van der Waals surface area contributed by atoms with Crippen molar-refractivity contribution in [1.82, 2.24) is 5.43 Å². The average molecular weight is 278 g/mol. The van der Waals surface area contributed by atoms with Gasteiger partial charge in [-0.3, -0.25) is 9.59 Å². The van der Waals surface area contributed by atoms with Crippen molar-refractivity contribution in [3.05, 3.63) is 23.8 Å². The van der Waals surface area contributed by atoms with E-state index in [1.807, 2.05) is 0 Å². The molecule has 1 amide bonds. The number of hydrogen-bond donors (Lipinski definition) is 1.